The van der Waals surface area contributed by atoms with Crippen LogP contribution in [0, 0.1) is 0 Å². The Morgan fingerprint density at radius 1 is 0.417 bits per heavy atom. The lowest BCUT2D eigenvalue weighted by Crippen LogP contribution is -2.19. The number of benzene rings is 2. The van der Waals surface area contributed by atoms with Gasteiger partial charge in [-0.25, -0.2) is 0 Å². The van der Waals surface area contributed by atoms with Crippen molar-refractivity contribution >= 4 is 40.5 Å². The molecular formula is C28H44O16S4. The second kappa shape index (κ2) is 19.2. The van der Waals surface area contributed by atoms with Gasteiger partial charge >= 0.3 is 20.2 Å². The zero-order valence-electron chi connectivity index (χ0n) is 28.1. The van der Waals surface area contributed by atoms with Gasteiger partial charge in [-0.15, -0.1) is 7.26 Å². The molecule has 0 aliphatic rings. The zero-order chi connectivity index (χ0) is 36.8. The third-order valence-corrected chi connectivity index (χ3v) is 12.6. The fourth-order valence-electron chi connectivity index (χ4n) is 3.87. The van der Waals surface area contributed by atoms with E-state index in [0.717, 1.165) is 37.8 Å². The highest BCUT2D eigenvalue weighted by Crippen LogP contribution is 2.41. The van der Waals surface area contributed by atoms with Crippen LogP contribution in [-0.2, 0) is 47.7 Å². The second-order valence-corrected chi connectivity index (χ2v) is 16.5. The molecule has 0 radical (unpaired) electrons. The third kappa shape index (κ3) is 12.8. The monoisotopic (exact) mass is 764 g/mol. The average Bonchev–Trinajstić information content (AvgIpc) is 3.02. The van der Waals surface area contributed by atoms with Gasteiger partial charge in [-0.05, 0) is 12.8 Å². The number of hydrogen-bond donors (Lipinski definition) is 0. The van der Waals surface area contributed by atoms with Crippen LogP contribution in [0.3, 0.4) is 0 Å². The van der Waals surface area contributed by atoms with Crippen molar-refractivity contribution < 1.29 is 69.4 Å². The van der Waals surface area contributed by atoms with Gasteiger partial charge in [0.05, 0.1) is 54.2 Å². The molecule has 2 rings (SSSR count). The fourth-order valence-corrected chi connectivity index (χ4v) is 9.60. The van der Waals surface area contributed by atoms with E-state index in [4.69, 9.17) is 28.4 Å². The van der Waals surface area contributed by atoms with E-state index in [1.807, 2.05) is 13.8 Å². The van der Waals surface area contributed by atoms with Crippen molar-refractivity contribution in [3.63, 3.8) is 0 Å². The van der Waals surface area contributed by atoms with Crippen molar-refractivity contribution in [3.8, 4) is 34.5 Å². The smallest absolute Gasteiger partial charge is 0.315 e. The quantitative estimate of drug-likeness (QED) is 0.175. The molecule has 0 saturated heterocycles. The number of methoxy groups -OCH3 is 6. The zero-order valence-corrected chi connectivity index (χ0v) is 31.4. The molecule has 0 atom stereocenters. The summed E-state index contributed by atoms with van der Waals surface area (Å²) in [6, 6.07) is 4.49. The maximum atomic E-state index is 12.9. The lowest BCUT2D eigenvalue weighted by atomic mass is 10.3. The molecule has 0 aliphatic heterocycles. The first kappa shape index (κ1) is 43.0. The van der Waals surface area contributed by atoms with Gasteiger partial charge in [-0.3, -0.25) is 0 Å². The van der Waals surface area contributed by atoms with Gasteiger partial charge in [0.2, 0.25) is 0 Å². The van der Waals surface area contributed by atoms with Crippen molar-refractivity contribution in [2.24, 2.45) is 0 Å². The summed E-state index contributed by atoms with van der Waals surface area (Å²) in [5, 5.41) is 0. The van der Waals surface area contributed by atoms with Gasteiger partial charge < -0.3 is 28.4 Å². The van der Waals surface area contributed by atoms with E-state index >= 15 is 0 Å². The van der Waals surface area contributed by atoms with Gasteiger partial charge in [0.25, 0.3) is 20.2 Å². The van der Waals surface area contributed by atoms with Crippen LogP contribution in [-0.4, -0.2) is 87.8 Å². The topological polar surface area (TPSA) is 210 Å². The van der Waals surface area contributed by atoms with Gasteiger partial charge in [0, 0.05) is 24.3 Å². The van der Waals surface area contributed by atoms with Crippen molar-refractivity contribution in [1.29, 1.82) is 0 Å². The Bertz CT molecular complexity index is 1640. The summed E-state index contributed by atoms with van der Waals surface area (Å²) >= 11 is 0. The van der Waals surface area contributed by atoms with Crippen LogP contribution in [0.2, 0.25) is 0 Å². The van der Waals surface area contributed by atoms with Crippen LogP contribution < -0.4 is 28.4 Å². The first-order valence-electron chi connectivity index (χ1n) is 14.4. The Morgan fingerprint density at radius 2 is 0.708 bits per heavy atom. The highest BCUT2D eigenvalue weighted by Gasteiger charge is 2.34. The first-order valence-corrected chi connectivity index (χ1v) is 20.4. The summed E-state index contributed by atoms with van der Waals surface area (Å²) in [5.74, 6) is -0.510. The molecule has 276 valence electrons. The highest BCUT2D eigenvalue weighted by molar-refractivity contribution is 8.00. The molecule has 0 aliphatic carbocycles. The van der Waals surface area contributed by atoms with E-state index in [1.54, 1.807) is 0 Å². The van der Waals surface area contributed by atoms with Crippen molar-refractivity contribution in [2.75, 3.05) is 54.2 Å². The van der Waals surface area contributed by atoms with Crippen LogP contribution >= 0.6 is 0 Å². The Hall–Kier alpha value is -3.04. The number of ether oxygens (including phenoxy) is 6. The van der Waals surface area contributed by atoms with Gasteiger partial charge in [0.15, 0.2) is 23.0 Å². The largest absolute Gasteiger partial charge is 0.495 e. The molecule has 0 amide bonds. The lowest BCUT2D eigenvalue weighted by Gasteiger charge is -2.16. The number of hydrogen-bond acceptors (Lipinski definition) is 16. The molecule has 16 nitrogen and oxygen atoms in total. The van der Waals surface area contributed by atoms with Gasteiger partial charge in [-0.1, -0.05) is 39.5 Å². The number of rotatable bonds is 20. The van der Waals surface area contributed by atoms with E-state index in [9.17, 15) is 33.7 Å². The maximum Gasteiger partial charge on any atom is 0.315 e. The van der Waals surface area contributed by atoms with Crippen LogP contribution in [0.4, 0.5) is 0 Å². The molecule has 0 unspecified atom stereocenters. The molecule has 0 saturated carbocycles. The normalized spacial score (nSPS) is 12.0. The van der Waals surface area contributed by atoms with E-state index in [1.165, 1.54) is 54.8 Å². The predicted molar refractivity (Wildman–Crippen MR) is 175 cm³/mol. The van der Waals surface area contributed by atoms with Crippen molar-refractivity contribution in [3.05, 3.63) is 24.3 Å². The third-order valence-electron chi connectivity index (χ3n) is 6.26. The van der Waals surface area contributed by atoms with Crippen LogP contribution in [0.5, 0.6) is 34.5 Å². The minimum Gasteiger partial charge on any atom is -0.495 e. The maximum absolute atomic E-state index is 12.9. The van der Waals surface area contributed by atoms with Crippen LogP contribution in [0.25, 0.3) is 0 Å². The summed E-state index contributed by atoms with van der Waals surface area (Å²) in [6.07, 6.45) is 4.11. The molecular weight excluding hydrogens is 721 g/mol. The summed E-state index contributed by atoms with van der Waals surface area (Å²) in [5.41, 5.74) is 0. The summed E-state index contributed by atoms with van der Waals surface area (Å²) in [7, 11) is -10.0. The minimum atomic E-state index is -4.90. The molecule has 0 heterocycles. The predicted octanol–water partition coefficient (Wildman–Crippen LogP) is 3.88. The SMILES string of the molecule is CCCCCS(=O)(=O)OS(=O)(=O)CCCCC.COc1cc(OC)c(S(=O)(=O)OS(=O)(=O)c2cc(OC)c(OC)cc2OC)cc1OC. The van der Waals surface area contributed by atoms with Gasteiger partial charge in [0.1, 0.15) is 21.3 Å². The summed E-state index contributed by atoms with van der Waals surface area (Å²) in [6.45, 7) is 3.88. The molecule has 20 heteroatoms. The average molecular weight is 765 g/mol. The number of unbranched alkanes of at least 4 members (excludes halogenated alkanes) is 4. The summed E-state index contributed by atoms with van der Waals surface area (Å²) in [4.78, 5) is -1.17. The molecule has 2 aromatic rings. The van der Waals surface area contributed by atoms with Crippen LogP contribution in [0.15, 0.2) is 34.1 Å². The van der Waals surface area contributed by atoms with E-state index < -0.39 is 50.3 Å². The Balaban J connectivity index is 0.000000576. The standard InChI is InChI=1S/C18H22O11S2.C10H22O5S2/c1-23-11-7-15(27-5)17(9-13(11)25-3)30(19,20)29-31(21,22)18-10-14(26-4)12(24-2)8-16(18)28-6;1-3-5-7-9-16(11,12)15-17(13,14)10-8-6-4-2/h7-10H,1-6H3;3-10H2,1-2H3. The molecule has 0 fully saturated rings. The minimum absolute atomic E-state index is 0.0200. The molecule has 0 aromatic heterocycles. The molecule has 0 spiro atoms. The Labute approximate surface area is 284 Å². The summed E-state index contributed by atoms with van der Waals surface area (Å²) < 4.78 is 136. The fraction of sp³-hybridized carbons (Fsp3) is 0.571. The molecule has 2 aromatic carbocycles. The van der Waals surface area contributed by atoms with E-state index in [-0.39, 0.29) is 46.0 Å². The second-order valence-electron chi connectivity index (χ2n) is 9.70. The Kier molecular flexibility index (Phi) is 17.2. The molecule has 48 heavy (non-hydrogen) atoms. The first-order chi connectivity index (χ1) is 22.4. The van der Waals surface area contributed by atoms with Crippen molar-refractivity contribution in [1.82, 2.24) is 0 Å². The molecule has 0 N–H and O–H groups in total. The Morgan fingerprint density at radius 3 is 0.979 bits per heavy atom. The van der Waals surface area contributed by atoms with Gasteiger partial charge in [-0.2, -0.15) is 33.7 Å². The van der Waals surface area contributed by atoms with Crippen molar-refractivity contribution in [2.45, 2.75) is 62.2 Å². The molecule has 0 bridgehead atoms. The highest BCUT2D eigenvalue weighted by atomic mass is 32.3. The lowest BCUT2D eigenvalue weighted by molar-refractivity contribution is 0.343. The van der Waals surface area contributed by atoms with Crippen LogP contribution in [0.1, 0.15) is 52.4 Å². The van der Waals surface area contributed by atoms with E-state index in [0.29, 0.717) is 12.8 Å². The van der Waals surface area contributed by atoms with E-state index in [2.05, 4.69) is 7.26 Å².